The number of rotatable bonds is 3. The molecule has 0 atom stereocenters. The first-order valence-corrected chi connectivity index (χ1v) is 4.73. The monoisotopic (exact) mass is 205 g/mol. The van der Waals surface area contributed by atoms with E-state index in [9.17, 15) is 4.79 Å². The van der Waals surface area contributed by atoms with Crippen molar-refractivity contribution in [2.45, 2.75) is 19.8 Å². The molecular weight excluding hydrogens is 194 g/mol. The van der Waals surface area contributed by atoms with Gasteiger partial charge in [-0.2, -0.15) is 0 Å². The van der Waals surface area contributed by atoms with Crippen LogP contribution in [0.4, 0.5) is 0 Å². The van der Waals surface area contributed by atoms with Gasteiger partial charge in [-0.25, -0.2) is 9.97 Å². The molecule has 0 radical (unpaired) electrons. The molecule has 2 aromatic rings. The summed E-state index contributed by atoms with van der Waals surface area (Å²) in [5.41, 5.74) is 1.72. The van der Waals surface area contributed by atoms with Gasteiger partial charge in [0.15, 0.2) is 0 Å². The maximum absolute atomic E-state index is 10.6. The van der Waals surface area contributed by atoms with Gasteiger partial charge in [0.25, 0.3) is 0 Å². The Hall–Kier alpha value is -1.91. The van der Waals surface area contributed by atoms with Crippen LogP contribution in [0.5, 0.6) is 0 Å². The number of aromatic nitrogens is 3. The zero-order chi connectivity index (χ0) is 10.8. The van der Waals surface area contributed by atoms with Crippen molar-refractivity contribution in [2.24, 2.45) is 0 Å². The van der Waals surface area contributed by atoms with Crippen molar-refractivity contribution < 1.29 is 9.90 Å². The van der Waals surface area contributed by atoms with Crippen LogP contribution in [0.3, 0.4) is 0 Å². The quantitative estimate of drug-likeness (QED) is 0.809. The summed E-state index contributed by atoms with van der Waals surface area (Å²) in [4.78, 5) is 18.8. The minimum Gasteiger partial charge on any atom is -0.481 e. The summed E-state index contributed by atoms with van der Waals surface area (Å²) in [5.74, 6) is -0.317. The van der Waals surface area contributed by atoms with E-state index in [-0.39, 0.29) is 6.42 Å². The summed E-state index contributed by atoms with van der Waals surface area (Å²) in [6.45, 7) is 2.02. The molecule has 0 unspecified atom stereocenters. The second-order valence-corrected chi connectivity index (χ2v) is 3.31. The number of aryl methyl sites for hydroxylation is 1. The predicted molar refractivity (Wildman–Crippen MR) is 53.7 cm³/mol. The molecule has 0 aliphatic carbocycles. The Labute approximate surface area is 86.4 Å². The molecule has 0 fully saturated rings. The first-order valence-electron chi connectivity index (χ1n) is 4.73. The third kappa shape index (κ3) is 1.81. The normalized spacial score (nSPS) is 10.7. The Kier molecular flexibility index (Phi) is 2.37. The van der Waals surface area contributed by atoms with Crippen LogP contribution >= 0.6 is 0 Å². The van der Waals surface area contributed by atoms with Gasteiger partial charge in [-0.05, 0) is 12.0 Å². The van der Waals surface area contributed by atoms with E-state index in [4.69, 9.17) is 5.11 Å². The molecule has 0 amide bonds. The van der Waals surface area contributed by atoms with E-state index in [0.29, 0.717) is 11.5 Å². The molecule has 2 aromatic heterocycles. The molecular formula is C10H11N3O2. The summed E-state index contributed by atoms with van der Waals surface area (Å²) >= 11 is 0. The van der Waals surface area contributed by atoms with Crippen LogP contribution in [0.25, 0.3) is 5.78 Å². The second kappa shape index (κ2) is 3.68. The number of hydrogen-bond acceptors (Lipinski definition) is 3. The fourth-order valence-electron chi connectivity index (χ4n) is 1.43. The van der Waals surface area contributed by atoms with E-state index in [1.54, 1.807) is 16.8 Å². The zero-order valence-electron chi connectivity index (χ0n) is 8.34. The molecule has 2 heterocycles. The maximum Gasteiger partial charge on any atom is 0.309 e. The van der Waals surface area contributed by atoms with Gasteiger partial charge in [-0.1, -0.05) is 6.92 Å². The molecule has 2 rings (SSSR count). The smallest absolute Gasteiger partial charge is 0.309 e. The number of fused-ring (bicyclic) bond motifs is 1. The highest BCUT2D eigenvalue weighted by Crippen LogP contribution is 2.07. The number of hydrogen-bond donors (Lipinski definition) is 1. The van der Waals surface area contributed by atoms with E-state index < -0.39 is 5.97 Å². The van der Waals surface area contributed by atoms with E-state index in [0.717, 1.165) is 12.0 Å². The van der Waals surface area contributed by atoms with Gasteiger partial charge in [0.05, 0.1) is 18.3 Å². The van der Waals surface area contributed by atoms with Crippen molar-refractivity contribution in [3.63, 3.8) is 0 Å². The predicted octanol–water partition coefficient (Wildman–Crippen LogP) is 0.919. The van der Waals surface area contributed by atoms with Crippen LogP contribution in [0.2, 0.25) is 0 Å². The van der Waals surface area contributed by atoms with Gasteiger partial charge in [0, 0.05) is 12.4 Å². The molecule has 0 aliphatic rings. The third-order valence-corrected chi connectivity index (χ3v) is 2.24. The van der Waals surface area contributed by atoms with E-state index >= 15 is 0 Å². The van der Waals surface area contributed by atoms with Crippen LogP contribution < -0.4 is 0 Å². The van der Waals surface area contributed by atoms with Crippen LogP contribution in [0, 0.1) is 0 Å². The minimum atomic E-state index is -0.862. The highest BCUT2D eigenvalue weighted by Gasteiger charge is 2.08. The summed E-state index contributed by atoms with van der Waals surface area (Å²) in [6, 6.07) is 0. The van der Waals surface area contributed by atoms with Crippen molar-refractivity contribution in [3.05, 3.63) is 29.8 Å². The van der Waals surface area contributed by atoms with Crippen LogP contribution in [-0.2, 0) is 17.6 Å². The Morgan fingerprint density at radius 3 is 2.87 bits per heavy atom. The lowest BCUT2D eigenvalue weighted by Gasteiger charge is -2.00. The summed E-state index contributed by atoms with van der Waals surface area (Å²) < 4.78 is 1.73. The topological polar surface area (TPSA) is 67.5 Å². The maximum atomic E-state index is 10.6. The Bertz CT molecular complexity index is 504. The average molecular weight is 205 g/mol. The summed E-state index contributed by atoms with van der Waals surface area (Å²) in [7, 11) is 0. The third-order valence-electron chi connectivity index (χ3n) is 2.24. The van der Waals surface area contributed by atoms with Gasteiger partial charge >= 0.3 is 5.97 Å². The molecule has 0 bridgehead atoms. The lowest BCUT2D eigenvalue weighted by atomic mass is 10.3. The molecule has 5 heteroatoms. The highest BCUT2D eigenvalue weighted by atomic mass is 16.4. The second-order valence-electron chi connectivity index (χ2n) is 3.31. The fourth-order valence-corrected chi connectivity index (χ4v) is 1.43. The first-order chi connectivity index (χ1) is 7.20. The van der Waals surface area contributed by atoms with Gasteiger partial charge in [0.1, 0.15) is 0 Å². The molecule has 5 nitrogen and oxygen atoms in total. The van der Waals surface area contributed by atoms with Crippen molar-refractivity contribution >= 4 is 11.7 Å². The van der Waals surface area contributed by atoms with Crippen LogP contribution in [-0.4, -0.2) is 25.4 Å². The number of aliphatic carboxylic acids is 1. The number of nitrogens with zero attached hydrogens (tertiary/aromatic N) is 3. The zero-order valence-corrected chi connectivity index (χ0v) is 8.34. The standard InChI is InChI=1S/C10H11N3O2/c1-2-7-4-11-10-12-5-8(3-9(14)15)13(10)6-7/h4-6H,2-3H2,1H3,(H,14,15). The Balaban J connectivity index is 2.51. The van der Waals surface area contributed by atoms with E-state index in [1.165, 1.54) is 0 Å². The number of imidazole rings is 1. The average Bonchev–Trinajstić information content (AvgIpc) is 2.60. The van der Waals surface area contributed by atoms with E-state index in [1.807, 2.05) is 13.1 Å². The minimum absolute atomic E-state index is 0.0317. The summed E-state index contributed by atoms with van der Waals surface area (Å²) in [6.07, 6.45) is 6.03. The number of carboxylic acid groups (broad SMARTS) is 1. The van der Waals surface area contributed by atoms with Gasteiger partial charge in [0.2, 0.25) is 5.78 Å². The molecule has 15 heavy (non-hydrogen) atoms. The lowest BCUT2D eigenvalue weighted by molar-refractivity contribution is -0.136. The molecule has 78 valence electrons. The van der Waals surface area contributed by atoms with Crippen molar-refractivity contribution in [1.29, 1.82) is 0 Å². The van der Waals surface area contributed by atoms with Crippen LogP contribution in [0.15, 0.2) is 18.6 Å². The van der Waals surface area contributed by atoms with Crippen LogP contribution in [0.1, 0.15) is 18.2 Å². The summed E-state index contributed by atoms with van der Waals surface area (Å²) in [5, 5.41) is 8.71. The number of carbonyl (C=O) groups is 1. The molecule has 0 saturated heterocycles. The Morgan fingerprint density at radius 2 is 2.20 bits per heavy atom. The molecule has 0 saturated carbocycles. The van der Waals surface area contributed by atoms with Crippen molar-refractivity contribution in [2.75, 3.05) is 0 Å². The van der Waals surface area contributed by atoms with Crippen molar-refractivity contribution in [3.8, 4) is 0 Å². The molecule has 0 aromatic carbocycles. The van der Waals surface area contributed by atoms with Gasteiger partial charge in [-0.3, -0.25) is 9.20 Å². The molecule has 0 spiro atoms. The highest BCUT2D eigenvalue weighted by molar-refractivity contribution is 5.69. The fraction of sp³-hybridized carbons (Fsp3) is 0.300. The van der Waals surface area contributed by atoms with Gasteiger partial charge in [-0.15, -0.1) is 0 Å². The molecule has 0 aliphatic heterocycles. The van der Waals surface area contributed by atoms with Crippen molar-refractivity contribution in [1.82, 2.24) is 14.4 Å². The first kappa shape index (κ1) is 9.64. The SMILES string of the molecule is CCc1cnc2ncc(CC(=O)O)n2c1. The number of carboxylic acids is 1. The van der Waals surface area contributed by atoms with E-state index in [2.05, 4.69) is 9.97 Å². The lowest BCUT2D eigenvalue weighted by Crippen LogP contribution is -2.04. The van der Waals surface area contributed by atoms with Gasteiger partial charge < -0.3 is 5.11 Å². The molecule has 1 N–H and O–H groups in total. The Morgan fingerprint density at radius 1 is 1.47 bits per heavy atom. The largest absolute Gasteiger partial charge is 0.481 e.